The minimum atomic E-state index is -0.771. The van der Waals surface area contributed by atoms with Crippen molar-refractivity contribution in [2.24, 2.45) is 0 Å². The van der Waals surface area contributed by atoms with Crippen LogP contribution in [0.25, 0.3) is 0 Å². The predicted octanol–water partition coefficient (Wildman–Crippen LogP) is 0.502. The van der Waals surface area contributed by atoms with Gasteiger partial charge in [0.05, 0.1) is 18.8 Å². The van der Waals surface area contributed by atoms with Crippen LogP contribution < -0.4 is 0 Å². The molecule has 0 bridgehead atoms. The van der Waals surface area contributed by atoms with Gasteiger partial charge in [-0.15, -0.1) is 6.58 Å². The monoisotopic (exact) mass is 173 g/mol. The molecule has 0 aromatic rings. The molecular weight excluding hydrogens is 154 g/mol. The van der Waals surface area contributed by atoms with Gasteiger partial charge >= 0.3 is 0 Å². The van der Waals surface area contributed by atoms with E-state index in [1.54, 1.807) is 13.0 Å². The molecule has 0 aromatic carbocycles. The van der Waals surface area contributed by atoms with Gasteiger partial charge in [0.15, 0.2) is 0 Å². The lowest BCUT2D eigenvalue weighted by atomic mass is 10.1. The van der Waals surface area contributed by atoms with Crippen LogP contribution in [0.15, 0.2) is 12.7 Å². The molecule has 0 aromatic heterocycles. The van der Waals surface area contributed by atoms with Crippen molar-refractivity contribution in [2.75, 3.05) is 33.9 Å². The molecule has 1 atom stereocenters. The van der Waals surface area contributed by atoms with Gasteiger partial charge in [-0.1, -0.05) is 6.08 Å². The van der Waals surface area contributed by atoms with Gasteiger partial charge in [-0.05, 0) is 21.0 Å². The highest BCUT2D eigenvalue weighted by Crippen LogP contribution is 2.04. The maximum Gasteiger partial charge on any atom is 0.0978 e. The Hall–Kier alpha value is -0.380. The number of hydrogen-bond donors (Lipinski definition) is 1. The standard InChI is InChI=1S/C9H19NO2/c1-5-6-12-8-9(2,11)7-10(3)4/h5,11H,1,6-8H2,2-4H3. The molecule has 0 aliphatic heterocycles. The van der Waals surface area contributed by atoms with E-state index < -0.39 is 5.60 Å². The zero-order chi connectivity index (χ0) is 9.61. The molecule has 0 spiro atoms. The van der Waals surface area contributed by atoms with Crippen LogP contribution in [0, 0.1) is 0 Å². The smallest absolute Gasteiger partial charge is 0.0978 e. The van der Waals surface area contributed by atoms with Crippen LogP contribution in [-0.2, 0) is 4.74 Å². The summed E-state index contributed by atoms with van der Waals surface area (Å²) in [7, 11) is 3.84. The lowest BCUT2D eigenvalue weighted by molar-refractivity contribution is -0.0399. The Labute approximate surface area is 74.6 Å². The Balaban J connectivity index is 3.62. The van der Waals surface area contributed by atoms with Gasteiger partial charge in [-0.3, -0.25) is 0 Å². The van der Waals surface area contributed by atoms with Crippen molar-refractivity contribution in [2.45, 2.75) is 12.5 Å². The first-order valence-electron chi connectivity index (χ1n) is 4.04. The summed E-state index contributed by atoms with van der Waals surface area (Å²) < 4.78 is 5.15. The molecule has 0 aliphatic rings. The molecule has 0 radical (unpaired) electrons. The number of nitrogens with zero attached hydrogens (tertiary/aromatic N) is 1. The molecule has 0 saturated heterocycles. The number of likely N-dealkylation sites (N-methyl/N-ethyl adjacent to an activating group) is 1. The van der Waals surface area contributed by atoms with E-state index in [0.717, 1.165) is 0 Å². The van der Waals surface area contributed by atoms with Crippen molar-refractivity contribution < 1.29 is 9.84 Å². The van der Waals surface area contributed by atoms with E-state index in [1.807, 2.05) is 19.0 Å². The topological polar surface area (TPSA) is 32.7 Å². The van der Waals surface area contributed by atoms with Gasteiger partial charge in [0, 0.05) is 6.54 Å². The summed E-state index contributed by atoms with van der Waals surface area (Å²) in [6.07, 6.45) is 1.67. The summed E-state index contributed by atoms with van der Waals surface area (Å²) in [5, 5.41) is 9.71. The second-order valence-electron chi connectivity index (χ2n) is 3.54. The summed E-state index contributed by atoms with van der Waals surface area (Å²) in [5.41, 5.74) is -0.771. The average molecular weight is 173 g/mol. The molecule has 3 nitrogen and oxygen atoms in total. The highest BCUT2D eigenvalue weighted by atomic mass is 16.5. The summed E-state index contributed by atoms with van der Waals surface area (Å²) in [6.45, 7) is 6.72. The maximum atomic E-state index is 9.71. The normalized spacial score (nSPS) is 16.1. The van der Waals surface area contributed by atoms with Crippen LogP contribution in [0.4, 0.5) is 0 Å². The fourth-order valence-electron chi connectivity index (χ4n) is 1.09. The molecule has 72 valence electrons. The third-order valence-electron chi connectivity index (χ3n) is 1.31. The second kappa shape index (κ2) is 5.30. The predicted molar refractivity (Wildman–Crippen MR) is 50.2 cm³/mol. The van der Waals surface area contributed by atoms with Crippen LogP contribution in [0.1, 0.15) is 6.92 Å². The van der Waals surface area contributed by atoms with Crippen molar-refractivity contribution in [3.63, 3.8) is 0 Å². The van der Waals surface area contributed by atoms with Crippen LogP contribution in [0.5, 0.6) is 0 Å². The zero-order valence-corrected chi connectivity index (χ0v) is 8.21. The molecular formula is C9H19NO2. The first kappa shape index (κ1) is 11.6. The highest BCUT2D eigenvalue weighted by Gasteiger charge is 2.20. The molecule has 0 saturated carbocycles. The molecule has 12 heavy (non-hydrogen) atoms. The third-order valence-corrected chi connectivity index (χ3v) is 1.31. The lowest BCUT2D eigenvalue weighted by Crippen LogP contribution is -2.41. The number of rotatable bonds is 6. The first-order chi connectivity index (χ1) is 5.48. The zero-order valence-electron chi connectivity index (χ0n) is 8.21. The summed E-state index contributed by atoms with van der Waals surface area (Å²) >= 11 is 0. The second-order valence-corrected chi connectivity index (χ2v) is 3.54. The first-order valence-corrected chi connectivity index (χ1v) is 4.04. The van der Waals surface area contributed by atoms with Crippen molar-refractivity contribution in [3.8, 4) is 0 Å². The van der Waals surface area contributed by atoms with Crippen LogP contribution >= 0.6 is 0 Å². The van der Waals surface area contributed by atoms with E-state index in [1.165, 1.54) is 0 Å². The van der Waals surface area contributed by atoms with Gasteiger partial charge in [0.2, 0.25) is 0 Å². The molecule has 0 aliphatic carbocycles. The molecule has 3 heteroatoms. The Morgan fingerprint density at radius 3 is 2.58 bits per heavy atom. The van der Waals surface area contributed by atoms with Crippen LogP contribution in [0.2, 0.25) is 0 Å². The van der Waals surface area contributed by atoms with Gasteiger partial charge < -0.3 is 14.7 Å². The molecule has 0 amide bonds. The minimum absolute atomic E-state index is 0.344. The van der Waals surface area contributed by atoms with E-state index in [4.69, 9.17) is 4.74 Å². The quantitative estimate of drug-likeness (QED) is 0.469. The molecule has 0 heterocycles. The Bertz CT molecular complexity index is 132. The fourth-order valence-corrected chi connectivity index (χ4v) is 1.09. The van der Waals surface area contributed by atoms with E-state index >= 15 is 0 Å². The Morgan fingerprint density at radius 1 is 1.58 bits per heavy atom. The van der Waals surface area contributed by atoms with Gasteiger partial charge in [0.25, 0.3) is 0 Å². The minimum Gasteiger partial charge on any atom is -0.386 e. The van der Waals surface area contributed by atoms with E-state index in [2.05, 4.69) is 6.58 Å². The van der Waals surface area contributed by atoms with Crippen molar-refractivity contribution in [1.29, 1.82) is 0 Å². The summed E-state index contributed by atoms with van der Waals surface area (Å²) in [6, 6.07) is 0. The van der Waals surface area contributed by atoms with Crippen molar-refractivity contribution in [3.05, 3.63) is 12.7 Å². The SMILES string of the molecule is C=CCOCC(C)(O)CN(C)C. The van der Waals surface area contributed by atoms with E-state index in [0.29, 0.717) is 19.8 Å². The third kappa shape index (κ3) is 6.34. The largest absolute Gasteiger partial charge is 0.386 e. The highest BCUT2D eigenvalue weighted by molar-refractivity contribution is 4.75. The number of hydrogen-bond acceptors (Lipinski definition) is 3. The average Bonchev–Trinajstić information content (AvgIpc) is 1.84. The van der Waals surface area contributed by atoms with Crippen molar-refractivity contribution >= 4 is 0 Å². The molecule has 1 N–H and O–H groups in total. The Kier molecular flexibility index (Phi) is 5.13. The van der Waals surface area contributed by atoms with Crippen molar-refractivity contribution in [1.82, 2.24) is 4.90 Å². The summed E-state index contributed by atoms with van der Waals surface area (Å²) in [5.74, 6) is 0. The molecule has 0 fully saturated rings. The number of aliphatic hydroxyl groups is 1. The van der Waals surface area contributed by atoms with Crippen LogP contribution in [0.3, 0.4) is 0 Å². The van der Waals surface area contributed by atoms with Crippen LogP contribution in [-0.4, -0.2) is 49.5 Å². The van der Waals surface area contributed by atoms with E-state index in [9.17, 15) is 5.11 Å². The summed E-state index contributed by atoms with van der Waals surface area (Å²) in [4.78, 5) is 1.93. The Morgan fingerprint density at radius 2 is 2.17 bits per heavy atom. The fraction of sp³-hybridized carbons (Fsp3) is 0.778. The molecule has 0 rings (SSSR count). The van der Waals surface area contributed by atoms with Gasteiger partial charge in [-0.25, -0.2) is 0 Å². The van der Waals surface area contributed by atoms with Gasteiger partial charge in [-0.2, -0.15) is 0 Å². The van der Waals surface area contributed by atoms with E-state index in [-0.39, 0.29) is 0 Å². The molecule has 1 unspecified atom stereocenters. The van der Waals surface area contributed by atoms with Gasteiger partial charge in [0.1, 0.15) is 0 Å². The lowest BCUT2D eigenvalue weighted by Gasteiger charge is -2.26. The maximum absolute atomic E-state index is 9.71. The number of ether oxygens (including phenoxy) is 1.